The Bertz CT molecular complexity index is 989. The lowest BCUT2D eigenvalue weighted by molar-refractivity contribution is 0.466. The summed E-state index contributed by atoms with van der Waals surface area (Å²) in [6.07, 6.45) is 0. The summed E-state index contributed by atoms with van der Waals surface area (Å²) in [6, 6.07) is 8.25. The highest BCUT2D eigenvalue weighted by atomic mass is 32.2. The van der Waals surface area contributed by atoms with Crippen LogP contribution in [-0.4, -0.2) is 15.2 Å². The molecule has 0 aliphatic rings. The Morgan fingerprint density at radius 2 is 1.96 bits per heavy atom. The number of hydrogen-bond donors (Lipinski definition) is 0. The molecule has 0 fully saturated rings. The Morgan fingerprint density at radius 1 is 1.04 bits per heavy atom. The molecule has 0 saturated heterocycles. The van der Waals surface area contributed by atoms with Crippen LogP contribution >= 0.6 is 34.4 Å². The van der Waals surface area contributed by atoms with Gasteiger partial charge in [0.15, 0.2) is 0 Å². The molecular formula is C18H15N3OS3. The quantitative estimate of drug-likeness (QED) is 0.405. The highest BCUT2D eigenvalue weighted by Gasteiger charge is 2.11. The Morgan fingerprint density at radius 3 is 2.76 bits per heavy atom. The lowest BCUT2D eigenvalue weighted by Crippen LogP contribution is -1.83. The number of thioether (sulfide) groups is 1. The maximum Gasteiger partial charge on any atom is 0.277 e. The molecule has 0 aliphatic heterocycles. The zero-order valence-electron chi connectivity index (χ0n) is 13.7. The second-order valence-electron chi connectivity index (χ2n) is 5.62. The van der Waals surface area contributed by atoms with Gasteiger partial charge >= 0.3 is 0 Å². The average molecular weight is 386 g/mol. The molecule has 0 amide bonds. The Kier molecular flexibility index (Phi) is 4.70. The van der Waals surface area contributed by atoms with E-state index in [1.807, 2.05) is 6.07 Å². The molecule has 0 N–H and O–H groups in total. The van der Waals surface area contributed by atoms with E-state index >= 15 is 0 Å². The molecule has 0 bridgehead atoms. The number of aryl methyl sites for hydroxylation is 2. The zero-order chi connectivity index (χ0) is 17.2. The van der Waals surface area contributed by atoms with Crippen LogP contribution in [0.3, 0.4) is 0 Å². The number of benzene rings is 1. The van der Waals surface area contributed by atoms with E-state index in [0.29, 0.717) is 11.1 Å². The van der Waals surface area contributed by atoms with Gasteiger partial charge in [0, 0.05) is 27.6 Å². The van der Waals surface area contributed by atoms with Crippen LogP contribution in [0.1, 0.15) is 16.8 Å². The van der Waals surface area contributed by atoms with Gasteiger partial charge in [-0.2, -0.15) is 11.3 Å². The minimum absolute atomic E-state index is 0.558. The Balaban J connectivity index is 1.44. The topological polar surface area (TPSA) is 51.8 Å². The molecule has 4 nitrogen and oxygen atoms in total. The Hall–Kier alpha value is -1.96. The van der Waals surface area contributed by atoms with Crippen LogP contribution in [-0.2, 0) is 5.75 Å². The van der Waals surface area contributed by atoms with Crippen molar-refractivity contribution >= 4 is 34.4 Å². The lowest BCUT2D eigenvalue weighted by Gasteiger charge is -2.00. The van der Waals surface area contributed by atoms with Gasteiger partial charge in [-0.15, -0.1) is 21.5 Å². The van der Waals surface area contributed by atoms with Crippen molar-refractivity contribution in [1.29, 1.82) is 0 Å². The summed E-state index contributed by atoms with van der Waals surface area (Å²) in [5, 5.41) is 16.2. The summed E-state index contributed by atoms with van der Waals surface area (Å²) in [5.74, 6) is 1.28. The fourth-order valence-corrected chi connectivity index (χ4v) is 4.58. The highest BCUT2D eigenvalue weighted by Crippen LogP contribution is 2.30. The van der Waals surface area contributed by atoms with Crippen LogP contribution in [0, 0.1) is 13.8 Å². The van der Waals surface area contributed by atoms with E-state index in [2.05, 4.69) is 63.4 Å². The first-order chi connectivity index (χ1) is 12.2. The molecule has 3 heterocycles. The predicted molar refractivity (Wildman–Crippen MR) is 104 cm³/mol. The molecule has 1 aromatic carbocycles. The van der Waals surface area contributed by atoms with Crippen LogP contribution in [0.25, 0.3) is 22.0 Å². The molecule has 126 valence electrons. The largest absolute Gasteiger partial charge is 0.411 e. The first-order valence-electron chi connectivity index (χ1n) is 7.70. The number of hydrogen-bond acceptors (Lipinski definition) is 7. The molecule has 4 aromatic rings. The Labute approximate surface area is 158 Å². The third-order valence-corrected chi connectivity index (χ3v) is 6.30. The van der Waals surface area contributed by atoms with Gasteiger partial charge in [0.1, 0.15) is 5.01 Å². The smallest absolute Gasteiger partial charge is 0.277 e. The molecule has 3 aromatic heterocycles. The van der Waals surface area contributed by atoms with Crippen molar-refractivity contribution in [2.75, 3.05) is 0 Å². The maximum absolute atomic E-state index is 5.78. The number of thiophene rings is 1. The normalized spacial score (nSPS) is 11.1. The van der Waals surface area contributed by atoms with Gasteiger partial charge < -0.3 is 4.42 Å². The minimum Gasteiger partial charge on any atom is -0.411 e. The molecule has 0 atom stereocenters. The predicted octanol–water partition coefficient (Wildman–Crippen LogP) is 5.83. The van der Waals surface area contributed by atoms with Crippen molar-refractivity contribution in [3.63, 3.8) is 0 Å². The van der Waals surface area contributed by atoms with Crippen molar-refractivity contribution in [3.8, 4) is 22.0 Å². The fourth-order valence-electron chi connectivity index (χ4n) is 2.29. The molecule has 0 spiro atoms. The first kappa shape index (κ1) is 16.5. The fraction of sp³-hybridized carbons (Fsp3) is 0.167. The molecule has 4 rings (SSSR count). The second-order valence-corrected chi connectivity index (χ2v) is 8.18. The number of nitrogens with zero attached hydrogens (tertiary/aromatic N) is 3. The average Bonchev–Trinajstić information content (AvgIpc) is 3.36. The van der Waals surface area contributed by atoms with E-state index in [-0.39, 0.29) is 0 Å². The highest BCUT2D eigenvalue weighted by molar-refractivity contribution is 7.98. The van der Waals surface area contributed by atoms with Crippen LogP contribution < -0.4 is 0 Å². The van der Waals surface area contributed by atoms with E-state index in [0.717, 1.165) is 22.0 Å². The third-order valence-electron chi connectivity index (χ3n) is 3.82. The van der Waals surface area contributed by atoms with Gasteiger partial charge in [-0.25, -0.2) is 4.98 Å². The van der Waals surface area contributed by atoms with Crippen LogP contribution in [0.15, 0.2) is 50.0 Å². The summed E-state index contributed by atoms with van der Waals surface area (Å²) >= 11 is 4.86. The lowest BCUT2D eigenvalue weighted by atomic mass is 10.1. The summed E-state index contributed by atoms with van der Waals surface area (Å²) in [6.45, 7) is 4.17. The SMILES string of the molecule is Cc1ccc(-c2nnc(SCc3csc(-c4ccsc4)n3)o2)cc1C. The number of thiazole rings is 1. The molecular weight excluding hydrogens is 370 g/mol. The monoisotopic (exact) mass is 385 g/mol. The molecule has 0 saturated carbocycles. The van der Waals surface area contributed by atoms with Gasteiger partial charge in [0.05, 0.1) is 5.69 Å². The van der Waals surface area contributed by atoms with E-state index < -0.39 is 0 Å². The molecule has 25 heavy (non-hydrogen) atoms. The summed E-state index contributed by atoms with van der Waals surface area (Å²) in [7, 11) is 0. The van der Waals surface area contributed by atoms with Crippen LogP contribution in [0.4, 0.5) is 0 Å². The van der Waals surface area contributed by atoms with E-state index in [9.17, 15) is 0 Å². The van der Waals surface area contributed by atoms with Crippen molar-refractivity contribution in [2.45, 2.75) is 24.8 Å². The summed E-state index contributed by atoms with van der Waals surface area (Å²) < 4.78 is 5.78. The van der Waals surface area contributed by atoms with E-state index in [4.69, 9.17) is 4.42 Å². The zero-order valence-corrected chi connectivity index (χ0v) is 16.2. The molecule has 7 heteroatoms. The summed E-state index contributed by atoms with van der Waals surface area (Å²) in [5.41, 5.74) is 5.63. The van der Waals surface area contributed by atoms with Gasteiger partial charge in [0.25, 0.3) is 5.22 Å². The van der Waals surface area contributed by atoms with E-state index in [1.54, 1.807) is 22.7 Å². The second kappa shape index (κ2) is 7.11. The minimum atomic E-state index is 0.558. The van der Waals surface area contributed by atoms with Gasteiger partial charge in [-0.3, -0.25) is 0 Å². The molecule has 0 radical (unpaired) electrons. The van der Waals surface area contributed by atoms with Gasteiger partial charge in [-0.1, -0.05) is 17.8 Å². The van der Waals surface area contributed by atoms with E-state index in [1.165, 1.54) is 28.5 Å². The van der Waals surface area contributed by atoms with Crippen molar-refractivity contribution < 1.29 is 4.42 Å². The number of aromatic nitrogens is 3. The van der Waals surface area contributed by atoms with Crippen molar-refractivity contribution in [2.24, 2.45) is 0 Å². The first-order valence-corrected chi connectivity index (χ1v) is 10.5. The number of rotatable bonds is 5. The van der Waals surface area contributed by atoms with Crippen LogP contribution in [0.5, 0.6) is 0 Å². The van der Waals surface area contributed by atoms with Crippen LogP contribution in [0.2, 0.25) is 0 Å². The van der Waals surface area contributed by atoms with Crippen molar-refractivity contribution in [1.82, 2.24) is 15.2 Å². The van der Waals surface area contributed by atoms with Gasteiger partial charge in [0.2, 0.25) is 5.89 Å². The summed E-state index contributed by atoms with van der Waals surface area (Å²) in [4.78, 5) is 4.67. The molecule has 0 unspecified atom stereocenters. The maximum atomic E-state index is 5.78. The molecule has 0 aliphatic carbocycles. The van der Waals surface area contributed by atoms with Gasteiger partial charge in [-0.05, 0) is 48.6 Å². The standard InChI is InChI=1S/C18H15N3OS3/c1-11-3-4-13(7-12(11)2)16-20-21-18(22-16)25-10-15-9-24-17(19-15)14-5-6-23-8-14/h3-9H,10H2,1-2H3. The third kappa shape index (κ3) is 3.68. The van der Waals surface area contributed by atoms with Crippen molar-refractivity contribution in [3.05, 3.63) is 57.2 Å².